The van der Waals surface area contributed by atoms with E-state index in [1.807, 2.05) is 39.8 Å². The van der Waals surface area contributed by atoms with Crippen LogP contribution in [-0.2, 0) is 20.6 Å². The molecule has 0 spiro atoms. The minimum absolute atomic E-state index is 0.0325. The Balaban J connectivity index is 1.17. The number of fused-ring (bicyclic) bond motifs is 3. The molecule has 0 saturated carbocycles. The first-order chi connectivity index (χ1) is 21.0. The molecule has 3 aromatic rings. The van der Waals surface area contributed by atoms with Crippen molar-refractivity contribution in [1.82, 2.24) is 4.90 Å². The van der Waals surface area contributed by atoms with Gasteiger partial charge in [-0.15, -0.1) is 0 Å². The highest BCUT2D eigenvalue weighted by Gasteiger charge is 2.52. The number of azide groups is 1. The van der Waals surface area contributed by atoms with Crippen molar-refractivity contribution in [2.45, 2.75) is 65.2 Å². The number of hydrogen-bond acceptors (Lipinski definition) is 6. The van der Waals surface area contributed by atoms with Gasteiger partial charge < -0.3 is 23.8 Å². The lowest BCUT2D eigenvalue weighted by molar-refractivity contribution is 0.00578. The Bertz CT molecular complexity index is 1580. The van der Waals surface area contributed by atoms with Crippen molar-refractivity contribution in [2.75, 3.05) is 37.7 Å². The van der Waals surface area contributed by atoms with Crippen molar-refractivity contribution in [3.8, 4) is 11.1 Å². The Morgan fingerprint density at radius 1 is 0.955 bits per heavy atom. The number of hydrogen-bond donors (Lipinski definition) is 0. The second-order valence-electron chi connectivity index (χ2n) is 13.0. The average Bonchev–Trinajstić information content (AvgIpc) is 3.44. The van der Waals surface area contributed by atoms with Crippen LogP contribution in [0, 0.1) is 13.8 Å². The van der Waals surface area contributed by atoms with Crippen LogP contribution in [0.5, 0.6) is 0 Å². The molecule has 0 aromatic heterocycles. The lowest BCUT2D eigenvalue weighted by Crippen LogP contribution is -2.50. The van der Waals surface area contributed by atoms with Gasteiger partial charge in [0, 0.05) is 42.7 Å². The molecule has 1 amide bonds. The van der Waals surface area contributed by atoms with Gasteiger partial charge in [0.15, 0.2) is 0 Å². The van der Waals surface area contributed by atoms with Gasteiger partial charge in [0.2, 0.25) is 0 Å². The van der Waals surface area contributed by atoms with Crippen LogP contribution in [0.2, 0.25) is 0 Å². The van der Waals surface area contributed by atoms with Crippen LogP contribution in [0.1, 0.15) is 61.4 Å². The topological polar surface area (TPSA) is 100 Å². The van der Waals surface area contributed by atoms with Gasteiger partial charge in [-0.05, 0) is 91.5 Å². The number of piperazine rings is 1. The van der Waals surface area contributed by atoms with Crippen LogP contribution in [-0.4, -0.2) is 62.1 Å². The molecule has 1 aliphatic carbocycles. The third kappa shape index (κ3) is 5.21. The number of carbonyl (C=O) groups excluding carboxylic acids is 1. The van der Waals surface area contributed by atoms with Crippen molar-refractivity contribution in [3.63, 3.8) is 0 Å². The number of amides is 1. The molecule has 10 heteroatoms. The van der Waals surface area contributed by atoms with E-state index in [1.54, 1.807) is 4.90 Å². The molecule has 3 aliphatic rings. The second kappa shape index (κ2) is 11.5. The van der Waals surface area contributed by atoms with Gasteiger partial charge >= 0.3 is 13.2 Å². The number of ether oxygens (including phenoxy) is 1. The summed E-state index contributed by atoms with van der Waals surface area (Å²) < 4.78 is 18.8. The van der Waals surface area contributed by atoms with E-state index >= 15 is 0 Å². The highest BCUT2D eigenvalue weighted by molar-refractivity contribution is 6.63. The van der Waals surface area contributed by atoms with Crippen LogP contribution in [0.15, 0.2) is 59.7 Å². The molecule has 2 aliphatic heterocycles. The van der Waals surface area contributed by atoms with Crippen molar-refractivity contribution in [1.29, 1.82) is 0 Å². The number of nitrogens with zero attached hydrogens (tertiary/aromatic N) is 5. The van der Waals surface area contributed by atoms with E-state index in [-0.39, 0.29) is 18.6 Å². The lowest BCUT2D eigenvalue weighted by atomic mass is 9.73. The maximum atomic E-state index is 13.3. The summed E-state index contributed by atoms with van der Waals surface area (Å²) in [5, 5.41) is 3.87. The standard InChI is InChI=1S/C34H40BN5O4/c1-22-24(20-37-38-36)19-30(35-43-33(3,4)34(5,6)44-35)23(2)31(22)39-15-17-40(18-16-39)32(41)42-21-29-27-13-9-7-11-25(27)26-12-8-10-14-28(26)29/h7-14,19,29H,15-18,20-21H2,1-6H3. The molecule has 0 bridgehead atoms. The van der Waals surface area contributed by atoms with E-state index in [0.29, 0.717) is 32.8 Å². The number of anilines is 1. The van der Waals surface area contributed by atoms with Crippen LogP contribution in [0.25, 0.3) is 21.6 Å². The zero-order valence-corrected chi connectivity index (χ0v) is 26.5. The van der Waals surface area contributed by atoms with Crippen LogP contribution in [0.4, 0.5) is 10.5 Å². The second-order valence-corrected chi connectivity index (χ2v) is 13.0. The third-order valence-electron chi connectivity index (χ3n) is 9.96. The maximum absolute atomic E-state index is 13.3. The maximum Gasteiger partial charge on any atom is 0.495 e. The van der Waals surface area contributed by atoms with E-state index in [0.717, 1.165) is 27.8 Å². The summed E-state index contributed by atoms with van der Waals surface area (Å²) in [6.45, 7) is 15.3. The molecule has 2 fully saturated rings. The van der Waals surface area contributed by atoms with E-state index < -0.39 is 18.3 Å². The first-order valence-electron chi connectivity index (χ1n) is 15.4. The van der Waals surface area contributed by atoms with E-state index in [4.69, 9.17) is 19.6 Å². The Hall–Kier alpha value is -3.98. The number of carbonyl (C=O) groups is 1. The molecule has 2 heterocycles. The highest BCUT2D eigenvalue weighted by Crippen LogP contribution is 2.44. The van der Waals surface area contributed by atoms with Crippen LogP contribution in [0.3, 0.4) is 0 Å². The van der Waals surface area contributed by atoms with Crippen LogP contribution >= 0.6 is 0 Å². The number of benzene rings is 3. The molecule has 0 N–H and O–H groups in total. The summed E-state index contributed by atoms with van der Waals surface area (Å²) in [6, 6.07) is 18.8. The zero-order valence-electron chi connectivity index (χ0n) is 26.5. The monoisotopic (exact) mass is 593 g/mol. The van der Waals surface area contributed by atoms with Crippen LogP contribution < -0.4 is 10.4 Å². The summed E-state index contributed by atoms with van der Waals surface area (Å²) in [5.74, 6) is 0.0325. The quantitative estimate of drug-likeness (QED) is 0.141. The fourth-order valence-corrected chi connectivity index (χ4v) is 6.73. The fraction of sp³-hybridized carbons (Fsp3) is 0.441. The summed E-state index contributed by atoms with van der Waals surface area (Å²) in [6.07, 6.45) is -0.282. The molecule has 228 valence electrons. The zero-order chi connectivity index (χ0) is 31.2. The Morgan fingerprint density at radius 2 is 1.52 bits per heavy atom. The predicted octanol–water partition coefficient (Wildman–Crippen LogP) is 6.48. The molecule has 2 saturated heterocycles. The molecule has 3 aromatic carbocycles. The fourth-order valence-electron chi connectivity index (χ4n) is 6.73. The van der Waals surface area contributed by atoms with Gasteiger partial charge in [0.05, 0.1) is 17.7 Å². The smallest absolute Gasteiger partial charge is 0.448 e. The van der Waals surface area contributed by atoms with Crippen molar-refractivity contribution >= 4 is 24.4 Å². The SMILES string of the molecule is Cc1c(CN=[N+]=[N-])cc(B2OC(C)(C)C(C)(C)O2)c(C)c1N1CCN(C(=O)OCC2c3ccccc3-c3ccccc32)CC1. The summed E-state index contributed by atoms with van der Waals surface area (Å²) in [5.41, 5.74) is 18.0. The van der Waals surface area contributed by atoms with Gasteiger partial charge in [-0.3, -0.25) is 0 Å². The minimum Gasteiger partial charge on any atom is -0.448 e. The third-order valence-corrected chi connectivity index (χ3v) is 9.96. The molecular weight excluding hydrogens is 553 g/mol. The molecule has 0 radical (unpaired) electrons. The minimum atomic E-state index is -0.536. The Labute approximate surface area is 259 Å². The van der Waals surface area contributed by atoms with Gasteiger partial charge in [-0.1, -0.05) is 59.7 Å². The normalized spacial score (nSPS) is 18.5. The number of rotatable bonds is 6. The van der Waals surface area contributed by atoms with Gasteiger partial charge in [0.1, 0.15) is 6.61 Å². The largest absolute Gasteiger partial charge is 0.495 e. The van der Waals surface area contributed by atoms with Crippen molar-refractivity contribution < 1.29 is 18.8 Å². The summed E-state index contributed by atoms with van der Waals surface area (Å²) >= 11 is 0. The summed E-state index contributed by atoms with van der Waals surface area (Å²) in [7, 11) is -0.536. The first-order valence-corrected chi connectivity index (χ1v) is 15.4. The lowest BCUT2D eigenvalue weighted by Gasteiger charge is -2.38. The molecular formula is C34H40BN5O4. The Kier molecular flexibility index (Phi) is 7.86. The Morgan fingerprint density at radius 3 is 2.09 bits per heavy atom. The van der Waals surface area contributed by atoms with Crippen molar-refractivity contribution in [3.05, 3.63) is 92.9 Å². The molecule has 6 rings (SSSR count). The summed E-state index contributed by atoms with van der Waals surface area (Å²) in [4.78, 5) is 20.4. The van der Waals surface area contributed by atoms with Crippen molar-refractivity contribution in [2.24, 2.45) is 5.11 Å². The highest BCUT2D eigenvalue weighted by atomic mass is 16.7. The average molecular weight is 594 g/mol. The molecule has 0 unspecified atom stereocenters. The van der Waals surface area contributed by atoms with E-state index in [1.165, 1.54) is 22.3 Å². The van der Waals surface area contributed by atoms with E-state index in [9.17, 15) is 4.79 Å². The van der Waals surface area contributed by atoms with Gasteiger partial charge in [0.25, 0.3) is 0 Å². The molecule has 0 atom stereocenters. The predicted molar refractivity (Wildman–Crippen MR) is 173 cm³/mol. The first kappa shape index (κ1) is 30.1. The molecule has 9 nitrogen and oxygen atoms in total. The van der Waals surface area contributed by atoms with Gasteiger partial charge in [-0.2, -0.15) is 0 Å². The van der Waals surface area contributed by atoms with Gasteiger partial charge in [-0.25, -0.2) is 4.79 Å². The molecule has 44 heavy (non-hydrogen) atoms. The van der Waals surface area contributed by atoms with E-state index in [2.05, 4.69) is 71.2 Å².